The fraction of sp³-hybridized carbons (Fsp3) is 0.348. The number of ether oxygens (including phenoxy) is 1. The molecular formula is C23H24FN3O4. The quantitative estimate of drug-likeness (QED) is 0.799. The Kier molecular flexibility index (Phi) is 5.99. The summed E-state index contributed by atoms with van der Waals surface area (Å²) in [6, 6.07) is 11.2. The van der Waals surface area contributed by atoms with Gasteiger partial charge in [-0.2, -0.15) is 0 Å². The van der Waals surface area contributed by atoms with Gasteiger partial charge in [-0.1, -0.05) is 6.07 Å². The van der Waals surface area contributed by atoms with E-state index >= 15 is 0 Å². The molecule has 8 heteroatoms. The number of hydrogen-bond donors (Lipinski definition) is 1. The minimum atomic E-state index is -0.514. The minimum absolute atomic E-state index is 0.000563. The summed E-state index contributed by atoms with van der Waals surface area (Å²) in [7, 11) is 1.48. The van der Waals surface area contributed by atoms with Gasteiger partial charge in [0.25, 0.3) is 5.91 Å². The van der Waals surface area contributed by atoms with Gasteiger partial charge in [0, 0.05) is 43.7 Å². The van der Waals surface area contributed by atoms with Crippen LogP contribution in [0, 0.1) is 11.7 Å². The molecule has 0 aliphatic carbocycles. The molecule has 2 aromatic rings. The van der Waals surface area contributed by atoms with Crippen LogP contribution in [0.4, 0.5) is 21.5 Å². The van der Waals surface area contributed by atoms with Crippen molar-refractivity contribution >= 4 is 34.8 Å². The summed E-state index contributed by atoms with van der Waals surface area (Å²) in [5, 5.41) is 2.88. The zero-order valence-corrected chi connectivity index (χ0v) is 17.3. The van der Waals surface area contributed by atoms with E-state index in [2.05, 4.69) is 5.32 Å². The second-order valence-electron chi connectivity index (χ2n) is 7.80. The highest BCUT2D eigenvalue weighted by molar-refractivity contribution is 6.04. The van der Waals surface area contributed by atoms with Crippen LogP contribution in [0.2, 0.25) is 0 Å². The maximum absolute atomic E-state index is 13.2. The molecule has 31 heavy (non-hydrogen) atoms. The van der Waals surface area contributed by atoms with Crippen molar-refractivity contribution in [3.05, 3.63) is 53.8 Å². The number of anilines is 3. The normalized spacial score (nSPS) is 18.1. The number of aryl methyl sites for hydroxylation is 1. The van der Waals surface area contributed by atoms with E-state index in [1.54, 1.807) is 11.0 Å². The first-order chi connectivity index (χ1) is 15.0. The second-order valence-corrected chi connectivity index (χ2v) is 7.80. The van der Waals surface area contributed by atoms with Gasteiger partial charge in [0.15, 0.2) is 0 Å². The van der Waals surface area contributed by atoms with Crippen molar-refractivity contribution in [3.8, 4) is 0 Å². The highest BCUT2D eigenvalue weighted by Crippen LogP contribution is 2.31. The van der Waals surface area contributed by atoms with Gasteiger partial charge in [0.05, 0.1) is 5.92 Å². The van der Waals surface area contributed by atoms with Gasteiger partial charge in [-0.3, -0.25) is 14.4 Å². The molecule has 7 nitrogen and oxygen atoms in total. The average molecular weight is 425 g/mol. The van der Waals surface area contributed by atoms with Crippen LogP contribution in [-0.2, 0) is 25.5 Å². The molecule has 0 spiro atoms. The lowest BCUT2D eigenvalue weighted by Gasteiger charge is -2.30. The Labute approximate surface area is 179 Å². The smallest absolute Gasteiger partial charge is 0.252 e. The molecule has 2 heterocycles. The maximum Gasteiger partial charge on any atom is 0.252 e. The van der Waals surface area contributed by atoms with Gasteiger partial charge in [-0.05, 0) is 54.8 Å². The molecule has 2 aliphatic rings. The first kappa shape index (κ1) is 21.0. The molecule has 0 saturated carbocycles. The van der Waals surface area contributed by atoms with Crippen LogP contribution in [0.3, 0.4) is 0 Å². The van der Waals surface area contributed by atoms with Crippen LogP contribution in [0.25, 0.3) is 0 Å². The molecule has 3 amide bonds. The average Bonchev–Trinajstić information content (AvgIpc) is 3.16. The van der Waals surface area contributed by atoms with Gasteiger partial charge in [-0.25, -0.2) is 4.39 Å². The first-order valence-corrected chi connectivity index (χ1v) is 10.3. The van der Waals surface area contributed by atoms with Crippen molar-refractivity contribution in [3.63, 3.8) is 0 Å². The number of fused-ring (bicyclic) bond motifs is 1. The lowest BCUT2D eigenvalue weighted by atomic mass is 10.0. The number of amides is 3. The lowest BCUT2D eigenvalue weighted by Crippen LogP contribution is -2.37. The molecule has 2 aliphatic heterocycles. The molecule has 1 saturated heterocycles. The van der Waals surface area contributed by atoms with E-state index < -0.39 is 5.92 Å². The van der Waals surface area contributed by atoms with Gasteiger partial charge in [0.2, 0.25) is 11.8 Å². The van der Waals surface area contributed by atoms with Gasteiger partial charge < -0.3 is 19.9 Å². The van der Waals surface area contributed by atoms with E-state index in [0.717, 1.165) is 24.1 Å². The lowest BCUT2D eigenvalue weighted by molar-refractivity contribution is -0.122. The van der Waals surface area contributed by atoms with Crippen molar-refractivity contribution in [1.29, 1.82) is 0 Å². The van der Waals surface area contributed by atoms with Crippen molar-refractivity contribution in [1.82, 2.24) is 0 Å². The SMILES string of the molecule is COCC(=O)N1CCCc2ccc(NC(=O)[C@H]3CC(=O)N(c4ccc(F)cc4)C3)cc21. The predicted octanol–water partition coefficient (Wildman–Crippen LogP) is 2.74. The molecule has 1 atom stereocenters. The third-order valence-corrected chi connectivity index (χ3v) is 5.67. The highest BCUT2D eigenvalue weighted by atomic mass is 19.1. The minimum Gasteiger partial charge on any atom is -0.375 e. The zero-order valence-electron chi connectivity index (χ0n) is 17.3. The number of methoxy groups -OCH3 is 1. The molecule has 0 radical (unpaired) electrons. The van der Waals surface area contributed by atoms with Gasteiger partial charge >= 0.3 is 0 Å². The van der Waals surface area contributed by atoms with Gasteiger partial charge in [0.1, 0.15) is 12.4 Å². The number of halogens is 1. The molecule has 0 bridgehead atoms. The first-order valence-electron chi connectivity index (χ1n) is 10.3. The maximum atomic E-state index is 13.2. The predicted molar refractivity (Wildman–Crippen MR) is 114 cm³/mol. The fourth-order valence-electron chi connectivity index (χ4n) is 4.11. The monoisotopic (exact) mass is 425 g/mol. The molecule has 162 valence electrons. The second kappa shape index (κ2) is 8.85. The molecule has 2 aromatic carbocycles. The van der Waals surface area contributed by atoms with E-state index in [9.17, 15) is 18.8 Å². The number of nitrogens with zero attached hydrogens (tertiary/aromatic N) is 2. The Balaban J connectivity index is 1.46. The molecule has 4 rings (SSSR count). The topological polar surface area (TPSA) is 79.0 Å². The number of hydrogen-bond acceptors (Lipinski definition) is 4. The molecular weight excluding hydrogens is 401 g/mol. The van der Waals surface area contributed by atoms with E-state index in [-0.39, 0.29) is 43.1 Å². The van der Waals surface area contributed by atoms with Crippen molar-refractivity contribution in [2.24, 2.45) is 5.92 Å². The van der Waals surface area contributed by atoms with E-state index in [0.29, 0.717) is 17.9 Å². The number of rotatable bonds is 5. The summed E-state index contributed by atoms with van der Waals surface area (Å²) >= 11 is 0. The van der Waals surface area contributed by atoms with Crippen LogP contribution in [0.15, 0.2) is 42.5 Å². The summed E-state index contributed by atoms with van der Waals surface area (Å²) in [5.41, 5.74) is 2.98. The number of carbonyl (C=O) groups excluding carboxylic acids is 3. The van der Waals surface area contributed by atoms with Crippen LogP contribution >= 0.6 is 0 Å². The van der Waals surface area contributed by atoms with Crippen LogP contribution in [0.1, 0.15) is 18.4 Å². The molecule has 0 unspecified atom stereocenters. The Morgan fingerprint density at radius 3 is 2.71 bits per heavy atom. The van der Waals surface area contributed by atoms with Gasteiger partial charge in [-0.15, -0.1) is 0 Å². The van der Waals surface area contributed by atoms with E-state index in [4.69, 9.17) is 4.74 Å². The van der Waals surface area contributed by atoms with Crippen molar-refractivity contribution < 1.29 is 23.5 Å². The largest absolute Gasteiger partial charge is 0.375 e. The number of nitrogens with one attached hydrogen (secondary N) is 1. The summed E-state index contributed by atoms with van der Waals surface area (Å²) in [6.07, 6.45) is 1.83. The van der Waals surface area contributed by atoms with E-state index in [1.807, 2.05) is 12.1 Å². The van der Waals surface area contributed by atoms with Crippen LogP contribution in [-0.4, -0.2) is 44.5 Å². The summed E-state index contributed by atoms with van der Waals surface area (Å²) in [4.78, 5) is 40.8. The Hall–Kier alpha value is -3.26. The molecule has 0 aromatic heterocycles. The summed E-state index contributed by atoms with van der Waals surface area (Å²) in [6.45, 7) is 0.843. The summed E-state index contributed by atoms with van der Waals surface area (Å²) in [5.74, 6) is -1.45. The Bertz CT molecular complexity index is 1010. The third kappa shape index (κ3) is 4.44. The van der Waals surface area contributed by atoms with E-state index in [1.165, 1.54) is 36.3 Å². The Morgan fingerprint density at radius 1 is 1.19 bits per heavy atom. The number of carbonyl (C=O) groups is 3. The molecule has 1 N–H and O–H groups in total. The third-order valence-electron chi connectivity index (χ3n) is 5.67. The van der Waals surface area contributed by atoms with Crippen molar-refractivity contribution in [2.45, 2.75) is 19.3 Å². The Morgan fingerprint density at radius 2 is 1.97 bits per heavy atom. The highest BCUT2D eigenvalue weighted by Gasteiger charge is 2.35. The zero-order chi connectivity index (χ0) is 22.0. The fourth-order valence-corrected chi connectivity index (χ4v) is 4.11. The molecule has 1 fully saturated rings. The number of benzene rings is 2. The van der Waals surface area contributed by atoms with Crippen LogP contribution < -0.4 is 15.1 Å². The summed E-state index contributed by atoms with van der Waals surface area (Å²) < 4.78 is 18.1. The van der Waals surface area contributed by atoms with Crippen LogP contribution in [0.5, 0.6) is 0 Å². The van der Waals surface area contributed by atoms with Crippen molar-refractivity contribution in [2.75, 3.05) is 41.9 Å². The standard InChI is InChI=1S/C23H24FN3O4/c1-31-14-22(29)26-10-2-3-15-4-7-18(12-20(15)26)25-23(30)16-11-21(28)27(13-16)19-8-5-17(24)6-9-19/h4-9,12,16H,2-3,10-11,13-14H2,1H3,(H,25,30)/t16-/m0/s1.